The van der Waals surface area contributed by atoms with E-state index in [9.17, 15) is 9.59 Å². The Morgan fingerprint density at radius 3 is 2.29 bits per heavy atom. The highest BCUT2D eigenvalue weighted by atomic mass is 32.1. The van der Waals surface area contributed by atoms with E-state index >= 15 is 0 Å². The topological polar surface area (TPSA) is 88.5 Å². The smallest absolute Gasteiger partial charge is 0.407 e. The molecule has 142 valence electrons. The van der Waals surface area contributed by atoms with Gasteiger partial charge in [0, 0.05) is 10.8 Å². The van der Waals surface area contributed by atoms with Crippen LogP contribution in [-0.2, 0) is 11.3 Å². The number of rotatable bonds is 5. The van der Waals surface area contributed by atoms with E-state index in [0.717, 1.165) is 11.1 Å². The minimum Gasteiger partial charge on any atom is -0.476 e. The second kappa shape index (κ2) is 7.44. The minimum atomic E-state index is -1.07. The molecular weight excluding hydrogens is 376 g/mol. The third-order valence-corrected chi connectivity index (χ3v) is 5.74. The van der Waals surface area contributed by atoms with Crippen LogP contribution in [0, 0.1) is 6.92 Å². The zero-order valence-electron chi connectivity index (χ0n) is 15.1. The van der Waals surface area contributed by atoms with Gasteiger partial charge in [0.25, 0.3) is 0 Å². The number of hydrogen-bond acceptors (Lipinski definition) is 5. The van der Waals surface area contributed by atoms with E-state index < -0.39 is 12.1 Å². The Kier molecular flexibility index (Phi) is 4.83. The maximum atomic E-state index is 12.1. The zero-order chi connectivity index (χ0) is 19.7. The van der Waals surface area contributed by atoms with Crippen LogP contribution in [0.5, 0.6) is 0 Å². The van der Waals surface area contributed by atoms with E-state index in [2.05, 4.69) is 34.6 Å². The summed E-state index contributed by atoms with van der Waals surface area (Å²) < 4.78 is 5.46. The van der Waals surface area contributed by atoms with Crippen molar-refractivity contribution in [3.8, 4) is 11.1 Å². The molecule has 1 aliphatic carbocycles. The van der Waals surface area contributed by atoms with Crippen LogP contribution in [0.3, 0.4) is 0 Å². The van der Waals surface area contributed by atoms with Gasteiger partial charge in [0.05, 0.1) is 6.54 Å². The van der Waals surface area contributed by atoms with Gasteiger partial charge in [0.2, 0.25) is 0 Å². The number of nitrogens with one attached hydrogen (secondary N) is 1. The molecule has 0 bridgehead atoms. The van der Waals surface area contributed by atoms with E-state index in [0.29, 0.717) is 9.88 Å². The average Bonchev–Trinajstić information content (AvgIpc) is 3.23. The molecule has 2 aromatic carbocycles. The van der Waals surface area contributed by atoms with E-state index in [1.807, 2.05) is 24.3 Å². The number of aryl methyl sites for hydroxylation is 1. The fourth-order valence-corrected chi connectivity index (χ4v) is 4.39. The van der Waals surface area contributed by atoms with Crippen molar-refractivity contribution in [3.63, 3.8) is 0 Å². The quantitative estimate of drug-likeness (QED) is 0.677. The van der Waals surface area contributed by atoms with Gasteiger partial charge >= 0.3 is 12.1 Å². The Morgan fingerprint density at radius 2 is 1.71 bits per heavy atom. The Morgan fingerprint density at radius 1 is 1.11 bits per heavy atom. The first-order valence-corrected chi connectivity index (χ1v) is 9.64. The molecule has 0 spiro atoms. The van der Waals surface area contributed by atoms with Gasteiger partial charge in [0.1, 0.15) is 11.6 Å². The van der Waals surface area contributed by atoms with E-state index in [1.54, 1.807) is 6.92 Å². The van der Waals surface area contributed by atoms with Gasteiger partial charge in [0.15, 0.2) is 5.69 Å². The van der Waals surface area contributed by atoms with Gasteiger partial charge < -0.3 is 15.2 Å². The van der Waals surface area contributed by atoms with Crippen molar-refractivity contribution in [3.05, 3.63) is 75.2 Å². The Bertz CT molecular complexity index is 1010. The van der Waals surface area contributed by atoms with Crippen LogP contribution in [0.1, 0.15) is 37.4 Å². The molecule has 0 fully saturated rings. The number of carbonyl (C=O) groups is 2. The SMILES string of the molecule is Cc1sc(CNC(=O)OCC2c3ccccc3-c3ccccc32)nc1C(=O)O. The van der Waals surface area contributed by atoms with Gasteiger partial charge in [-0.05, 0) is 29.2 Å². The van der Waals surface area contributed by atoms with Gasteiger partial charge in [-0.3, -0.25) is 0 Å². The Labute approximate surface area is 165 Å². The van der Waals surface area contributed by atoms with Crippen molar-refractivity contribution in [2.24, 2.45) is 0 Å². The van der Waals surface area contributed by atoms with Crippen molar-refractivity contribution in [2.45, 2.75) is 19.4 Å². The number of ether oxygens (including phenoxy) is 1. The summed E-state index contributed by atoms with van der Waals surface area (Å²) in [5, 5.41) is 12.2. The number of hydrogen-bond donors (Lipinski definition) is 2. The lowest BCUT2D eigenvalue weighted by Crippen LogP contribution is -2.25. The molecule has 3 aromatic rings. The highest BCUT2D eigenvalue weighted by molar-refractivity contribution is 7.11. The lowest BCUT2D eigenvalue weighted by Gasteiger charge is -2.14. The predicted octanol–water partition coefficient (Wildman–Crippen LogP) is 4.19. The highest BCUT2D eigenvalue weighted by Crippen LogP contribution is 2.44. The lowest BCUT2D eigenvalue weighted by atomic mass is 9.98. The molecule has 0 unspecified atom stereocenters. The standard InChI is InChI=1S/C21H18N2O4S/c1-12-19(20(24)25)23-18(28-12)10-22-21(26)27-11-17-15-8-4-2-6-13(15)14-7-3-5-9-16(14)17/h2-9,17H,10-11H2,1H3,(H,22,26)(H,24,25). The number of amides is 1. The number of carboxylic acids is 1. The van der Waals surface area contributed by atoms with Crippen LogP contribution in [0.15, 0.2) is 48.5 Å². The fourth-order valence-electron chi connectivity index (χ4n) is 3.52. The molecule has 0 saturated heterocycles. The van der Waals surface area contributed by atoms with Crippen molar-refractivity contribution >= 4 is 23.4 Å². The summed E-state index contributed by atoms with van der Waals surface area (Å²) >= 11 is 1.25. The van der Waals surface area contributed by atoms with Crippen LogP contribution in [0.4, 0.5) is 4.79 Å². The summed E-state index contributed by atoms with van der Waals surface area (Å²) in [6.45, 7) is 2.06. The van der Waals surface area contributed by atoms with Crippen LogP contribution in [0.2, 0.25) is 0 Å². The molecule has 0 aliphatic heterocycles. The lowest BCUT2D eigenvalue weighted by molar-refractivity contribution is 0.0690. The third kappa shape index (κ3) is 3.36. The number of alkyl carbamates (subject to hydrolysis) is 1. The molecule has 2 N–H and O–H groups in total. The maximum Gasteiger partial charge on any atom is 0.407 e. The number of aromatic carboxylic acids is 1. The summed E-state index contributed by atoms with van der Waals surface area (Å²) in [7, 11) is 0. The number of benzene rings is 2. The Hall–Kier alpha value is -3.19. The van der Waals surface area contributed by atoms with E-state index in [4.69, 9.17) is 9.84 Å². The van der Waals surface area contributed by atoms with E-state index in [-0.39, 0.29) is 24.8 Å². The molecule has 1 aromatic heterocycles. The number of fused-ring (bicyclic) bond motifs is 3. The molecule has 1 heterocycles. The van der Waals surface area contributed by atoms with Crippen molar-refractivity contribution in [1.82, 2.24) is 10.3 Å². The number of nitrogens with zero attached hydrogens (tertiary/aromatic N) is 1. The van der Waals surface area contributed by atoms with Crippen LogP contribution >= 0.6 is 11.3 Å². The van der Waals surface area contributed by atoms with Crippen LogP contribution < -0.4 is 5.32 Å². The zero-order valence-corrected chi connectivity index (χ0v) is 16.0. The van der Waals surface area contributed by atoms with Crippen molar-refractivity contribution in [1.29, 1.82) is 0 Å². The summed E-state index contributed by atoms with van der Waals surface area (Å²) in [5.74, 6) is -1.07. The first kappa shape index (κ1) is 18.2. The molecule has 7 heteroatoms. The third-order valence-electron chi connectivity index (χ3n) is 4.77. The molecule has 0 radical (unpaired) electrons. The Balaban J connectivity index is 1.40. The first-order chi connectivity index (χ1) is 13.5. The van der Waals surface area contributed by atoms with E-state index in [1.165, 1.54) is 22.5 Å². The number of carbonyl (C=O) groups excluding carboxylic acids is 1. The van der Waals surface area contributed by atoms with Crippen molar-refractivity contribution in [2.75, 3.05) is 6.61 Å². The van der Waals surface area contributed by atoms with Gasteiger partial charge in [-0.1, -0.05) is 48.5 Å². The van der Waals surface area contributed by atoms with Crippen molar-refractivity contribution < 1.29 is 19.4 Å². The summed E-state index contributed by atoms with van der Waals surface area (Å²) in [5.41, 5.74) is 4.67. The normalized spacial score (nSPS) is 12.3. The van der Waals surface area contributed by atoms with Gasteiger partial charge in [-0.15, -0.1) is 11.3 Å². The summed E-state index contributed by atoms with van der Waals surface area (Å²) in [4.78, 5) is 27.8. The maximum absolute atomic E-state index is 12.1. The first-order valence-electron chi connectivity index (χ1n) is 8.83. The molecule has 1 aliphatic rings. The molecular formula is C21H18N2O4S. The number of aromatic nitrogens is 1. The van der Waals surface area contributed by atoms with Crippen LogP contribution in [-0.4, -0.2) is 28.8 Å². The van der Waals surface area contributed by atoms with Gasteiger partial charge in [-0.2, -0.15) is 0 Å². The largest absolute Gasteiger partial charge is 0.476 e. The summed E-state index contributed by atoms with van der Waals surface area (Å²) in [6.07, 6.45) is -0.549. The average molecular weight is 394 g/mol. The predicted molar refractivity (Wildman–Crippen MR) is 106 cm³/mol. The van der Waals surface area contributed by atoms with Crippen LogP contribution in [0.25, 0.3) is 11.1 Å². The molecule has 0 saturated carbocycles. The number of carboxylic acid groups (broad SMARTS) is 1. The molecule has 0 atom stereocenters. The second-order valence-corrected chi connectivity index (χ2v) is 7.78. The number of thiazole rings is 1. The fraction of sp³-hybridized carbons (Fsp3) is 0.190. The molecule has 1 amide bonds. The summed E-state index contributed by atoms with van der Waals surface area (Å²) in [6, 6.07) is 16.3. The van der Waals surface area contributed by atoms with Gasteiger partial charge in [-0.25, -0.2) is 14.6 Å². The molecule has 4 rings (SSSR count). The minimum absolute atomic E-state index is 0.00105. The highest BCUT2D eigenvalue weighted by Gasteiger charge is 2.29. The second-order valence-electron chi connectivity index (χ2n) is 6.50. The molecule has 6 nitrogen and oxygen atoms in total. The molecule has 28 heavy (non-hydrogen) atoms. The monoisotopic (exact) mass is 394 g/mol.